The largest absolute Gasteiger partial charge is 0.416 e. The molecule has 1 aliphatic heterocycles. The van der Waals surface area contributed by atoms with E-state index in [4.69, 9.17) is 4.74 Å². The first kappa shape index (κ1) is 22.8. The Labute approximate surface area is 178 Å². The minimum Gasteiger partial charge on any atom is -0.371 e. The van der Waals surface area contributed by atoms with E-state index in [1.165, 1.54) is 0 Å². The number of benzene rings is 2. The molecule has 2 aromatic rings. The van der Waals surface area contributed by atoms with Gasteiger partial charge in [-0.3, -0.25) is 14.5 Å². The number of hydrogen-bond acceptors (Lipinski definition) is 4. The van der Waals surface area contributed by atoms with Crippen LogP contribution in [-0.2, 0) is 20.5 Å². The fourth-order valence-corrected chi connectivity index (χ4v) is 3.29. The summed E-state index contributed by atoms with van der Waals surface area (Å²) in [6, 6.07) is 13.9. The Balaban J connectivity index is 1.37. The summed E-state index contributed by atoms with van der Waals surface area (Å²) in [5.41, 5.74) is 0.418. The van der Waals surface area contributed by atoms with Gasteiger partial charge in [0, 0.05) is 31.9 Å². The Kier molecular flexibility index (Phi) is 7.64. The minimum atomic E-state index is -4.46. The zero-order valence-electron chi connectivity index (χ0n) is 16.8. The topological polar surface area (TPSA) is 70.7 Å². The van der Waals surface area contributed by atoms with Crippen molar-refractivity contribution >= 4 is 17.5 Å². The van der Waals surface area contributed by atoms with Crippen molar-refractivity contribution < 1.29 is 27.5 Å². The van der Waals surface area contributed by atoms with E-state index in [1.54, 1.807) is 0 Å². The fourth-order valence-electron chi connectivity index (χ4n) is 3.29. The number of morpholine rings is 1. The summed E-state index contributed by atoms with van der Waals surface area (Å²) in [7, 11) is 0. The van der Waals surface area contributed by atoms with Crippen LogP contribution in [0.2, 0.25) is 0 Å². The van der Waals surface area contributed by atoms with Gasteiger partial charge in [-0.05, 0) is 36.2 Å². The molecular formula is C22H24F3N3O3. The van der Waals surface area contributed by atoms with E-state index in [2.05, 4.69) is 15.5 Å². The SMILES string of the molecule is O=C(NCCCN1CCO[C@H](c2ccccc2)C1)C(=O)Nc1ccc(C(F)(F)F)cc1. The van der Waals surface area contributed by atoms with Gasteiger partial charge in [0.15, 0.2) is 0 Å². The van der Waals surface area contributed by atoms with E-state index in [0.29, 0.717) is 19.6 Å². The molecule has 2 aromatic carbocycles. The lowest BCUT2D eigenvalue weighted by molar-refractivity contribution is -0.137. The number of nitrogens with zero attached hydrogens (tertiary/aromatic N) is 1. The van der Waals surface area contributed by atoms with Gasteiger partial charge < -0.3 is 15.4 Å². The van der Waals surface area contributed by atoms with Crippen LogP contribution in [0.4, 0.5) is 18.9 Å². The Morgan fingerprint density at radius 3 is 2.42 bits per heavy atom. The molecular weight excluding hydrogens is 411 g/mol. The maximum atomic E-state index is 12.6. The first-order valence-electron chi connectivity index (χ1n) is 9.98. The number of anilines is 1. The van der Waals surface area contributed by atoms with Crippen LogP contribution < -0.4 is 10.6 Å². The van der Waals surface area contributed by atoms with E-state index in [9.17, 15) is 22.8 Å². The van der Waals surface area contributed by atoms with Crippen molar-refractivity contribution in [1.82, 2.24) is 10.2 Å². The monoisotopic (exact) mass is 435 g/mol. The second-order valence-corrected chi connectivity index (χ2v) is 7.21. The number of hydrogen-bond donors (Lipinski definition) is 2. The maximum Gasteiger partial charge on any atom is 0.416 e. The highest BCUT2D eigenvalue weighted by Crippen LogP contribution is 2.29. The summed E-state index contributed by atoms with van der Waals surface area (Å²) in [5, 5.41) is 4.82. The molecule has 0 radical (unpaired) electrons. The van der Waals surface area contributed by atoms with Crippen molar-refractivity contribution in [2.45, 2.75) is 18.7 Å². The summed E-state index contributed by atoms with van der Waals surface area (Å²) in [5.74, 6) is -1.75. The molecule has 31 heavy (non-hydrogen) atoms. The molecule has 0 unspecified atom stereocenters. The predicted molar refractivity (Wildman–Crippen MR) is 109 cm³/mol. The van der Waals surface area contributed by atoms with Gasteiger partial charge in [0.2, 0.25) is 0 Å². The third-order valence-electron chi connectivity index (χ3n) is 4.93. The molecule has 1 fully saturated rings. The highest BCUT2D eigenvalue weighted by atomic mass is 19.4. The summed E-state index contributed by atoms with van der Waals surface area (Å²) < 4.78 is 43.5. The molecule has 0 aliphatic carbocycles. The van der Waals surface area contributed by atoms with Crippen LogP contribution in [0.25, 0.3) is 0 Å². The lowest BCUT2D eigenvalue weighted by atomic mass is 10.1. The van der Waals surface area contributed by atoms with Crippen molar-refractivity contribution in [1.29, 1.82) is 0 Å². The Morgan fingerprint density at radius 2 is 1.74 bits per heavy atom. The van der Waals surface area contributed by atoms with Crippen LogP contribution >= 0.6 is 0 Å². The number of nitrogens with one attached hydrogen (secondary N) is 2. The molecule has 2 N–H and O–H groups in total. The molecule has 0 aromatic heterocycles. The number of carbonyl (C=O) groups is 2. The van der Waals surface area contributed by atoms with Gasteiger partial charge >= 0.3 is 18.0 Å². The van der Waals surface area contributed by atoms with Crippen molar-refractivity contribution in [2.24, 2.45) is 0 Å². The van der Waals surface area contributed by atoms with E-state index in [0.717, 1.165) is 49.5 Å². The maximum absolute atomic E-state index is 12.6. The van der Waals surface area contributed by atoms with Gasteiger partial charge in [0.25, 0.3) is 0 Å². The number of alkyl halides is 3. The summed E-state index contributed by atoms with van der Waals surface area (Å²) >= 11 is 0. The molecule has 2 amide bonds. The standard InChI is InChI=1S/C22H24F3N3O3/c23-22(24,25)17-7-9-18(10-8-17)27-21(30)20(29)26-11-4-12-28-13-14-31-19(15-28)16-5-2-1-3-6-16/h1-3,5-10,19H,4,11-15H2,(H,26,29)(H,27,30)/t19-/m0/s1. The Bertz CT molecular complexity index is 873. The van der Waals surface area contributed by atoms with Crippen molar-refractivity contribution in [3.8, 4) is 0 Å². The van der Waals surface area contributed by atoms with E-state index < -0.39 is 23.6 Å². The summed E-state index contributed by atoms with van der Waals surface area (Å²) in [4.78, 5) is 26.1. The van der Waals surface area contributed by atoms with Crippen LogP contribution in [0.5, 0.6) is 0 Å². The van der Waals surface area contributed by atoms with Gasteiger partial charge in [0.1, 0.15) is 0 Å². The molecule has 1 saturated heterocycles. The molecule has 1 heterocycles. The van der Waals surface area contributed by atoms with Gasteiger partial charge in [-0.1, -0.05) is 30.3 Å². The van der Waals surface area contributed by atoms with E-state index in [1.807, 2.05) is 30.3 Å². The fraction of sp³-hybridized carbons (Fsp3) is 0.364. The third kappa shape index (κ3) is 6.80. The highest BCUT2D eigenvalue weighted by molar-refractivity contribution is 6.39. The Hall–Kier alpha value is -2.91. The summed E-state index contributed by atoms with van der Waals surface area (Å²) in [6.07, 6.45) is -3.79. The van der Waals surface area contributed by atoms with Gasteiger partial charge in [-0.25, -0.2) is 0 Å². The lowest BCUT2D eigenvalue weighted by Gasteiger charge is -2.33. The highest BCUT2D eigenvalue weighted by Gasteiger charge is 2.30. The van der Waals surface area contributed by atoms with E-state index in [-0.39, 0.29) is 11.8 Å². The molecule has 6 nitrogen and oxygen atoms in total. The zero-order valence-corrected chi connectivity index (χ0v) is 16.8. The van der Waals surface area contributed by atoms with Gasteiger partial charge in [-0.2, -0.15) is 13.2 Å². The second-order valence-electron chi connectivity index (χ2n) is 7.21. The quantitative estimate of drug-likeness (QED) is 0.540. The molecule has 1 aliphatic rings. The van der Waals surface area contributed by atoms with Crippen LogP contribution in [0.3, 0.4) is 0 Å². The third-order valence-corrected chi connectivity index (χ3v) is 4.93. The molecule has 1 atom stereocenters. The normalized spacial score (nSPS) is 17.2. The van der Waals surface area contributed by atoms with Crippen LogP contribution in [-0.4, -0.2) is 49.5 Å². The van der Waals surface area contributed by atoms with Gasteiger partial charge in [0.05, 0.1) is 18.3 Å². The number of rotatable bonds is 6. The minimum absolute atomic E-state index is 0.0130. The average molecular weight is 435 g/mol. The zero-order chi connectivity index (χ0) is 22.3. The molecule has 0 spiro atoms. The number of carbonyl (C=O) groups excluding carboxylic acids is 2. The van der Waals surface area contributed by atoms with Crippen molar-refractivity contribution in [3.63, 3.8) is 0 Å². The smallest absolute Gasteiger partial charge is 0.371 e. The first-order valence-corrected chi connectivity index (χ1v) is 9.98. The molecule has 3 rings (SSSR count). The number of halogens is 3. The number of ether oxygens (including phenoxy) is 1. The van der Waals surface area contributed by atoms with Gasteiger partial charge in [-0.15, -0.1) is 0 Å². The molecule has 0 bridgehead atoms. The van der Waals surface area contributed by atoms with Crippen LogP contribution in [0.15, 0.2) is 54.6 Å². The van der Waals surface area contributed by atoms with Crippen molar-refractivity contribution in [2.75, 3.05) is 38.1 Å². The van der Waals surface area contributed by atoms with Crippen molar-refractivity contribution in [3.05, 3.63) is 65.7 Å². The van der Waals surface area contributed by atoms with E-state index >= 15 is 0 Å². The molecule has 0 saturated carbocycles. The first-order chi connectivity index (χ1) is 14.8. The van der Waals surface area contributed by atoms with Crippen LogP contribution in [0, 0.1) is 0 Å². The van der Waals surface area contributed by atoms with Crippen LogP contribution in [0.1, 0.15) is 23.7 Å². The summed E-state index contributed by atoms with van der Waals surface area (Å²) in [6.45, 7) is 3.24. The average Bonchev–Trinajstić information content (AvgIpc) is 2.77. The second kappa shape index (κ2) is 10.4. The molecule has 9 heteroatoms. The Morgan fingerprint density at radius 1 is 1.03 bits per heavy atom. The number of amides is 2. The lowest BCUT2D eigenvalue weighted by Crippen LogP contribution is -2.41. The predicted octanol–water partition coefficient (Wildman–Crippen LogP) is 3.22. The molecule has 166 valence electrons.